The van der Waals surface area contributed by atoms with Crippen LogP contribution in [0.1, 0.15) is 41.5 Å². The van der Waals surface area contributed by atoms with Crippen molar-refractivity contribution >= 4 is 34.4 Å². The van der Waals surface area contributed by atoms with Crippen LogP contribution in [-0.4, -0.2) is 59.8 Å². The molecule has 0 atom stereocenters. The maximum Gasteiger partial charge on any atom is 0.407 e. The zero-order chi connectivity index (χ0) is 26.0. The molecule has 0 aliphatic rings. The predicted molar refractivity (Wildman–Crippen MR) is 137 cm³/mol. The van der Waals surface area contributed by atoms with Gasteiger partial charge in [0.1, 0.15) is 11.3 Å². The minimum absolute atomic E-state index is 0.280. The lowest BCUT2D eigenvalue weighted by atomic mass is 10.1. The van der Waals surface area contributed by atoms with Crippen LogP contribution in [0.4, 0.5) is 9.93 Å². The van der Waals surface area contributed by atoms with E-state index in [0.717, 1.165) is 5.69 Å². The van der Waals surface area contributed by atoms with Gasteiger partial charge in [0.25, 0.3) is 11.8 Å². The van der Waals surface area contributed by atoms with Crippen molar-refractivity contribution < 1.29 is 23.9 Å². The molecular formula is C25H29N5O5S. The fourth-order valence-electron chi connectivity index (χ4n) is 2.89. The molecule has 11 heteroatoms. The van der Waals surface area contributed by atoms with Crippen molar-refractivity contribution in [2.45, 2.75) is 26.4 Å². The van der Waals surface area contributed by atoms with Crippen molar-refractivity contribution in [3.05, 3.63) is 65.2 Å². The topological polar surface area (TPSA) is 132 Å². The SMILES string of the molecule is CC(C)(C)OC(=O)NCCOCCNC(=O)c1ccc(C(=O)Nc2nc(-c3ccccn3)cs2)cc1. The number of anilines is 1. The zero-order valence-corrected chi connectivity index (χ0v) is 21.2. The van der Waals surface area contributed by atoms with Gasteiger partial charge in [0.2, 0.25) is 0 Å². The van der Waals surface area contributed by atoms with Crippen LogP contribution >= 0.6 is 11.3 Å². The Balaban J connectivity index is 1.36. The summed E-state index contributed by atoms with van der Waals surface area (Å²) in [6.45, 7) is 6.55. The Bertz CT molecular complexity index is 1160. The molecule has 0 radical (unpaired) electrons. The van der Waals surface area contributed by atoms with Gasteiger partial charge in [-0.15, -0.1) is 11.3 Å². The highest BCUT2D eigenvalue weighted by molar-refractivity contribution is 7.14. The number of alkyl carbamates (subject to hydrolysis) is 1. The van der Waals surface area contributed by atoms with Crippen LogP contribution in [0.15, 0.2) is 54.0 Å². The van der Waals surface area contributed by atoms with E-state index < -0.39 is 11.7 Å². The van der Waals surface area contributed by atoms with Gasteiger partial charge in [-0.05, 0) is 57.2 Å². The molecule has 3 amide bonds. The van der Waals surface area contributed by atoms with E-state index in [1.165, 1.54) is 11.3 Å². The average Bonchev–Trinajstić information content (AvgIpc) is 3.31. The number of pyridine rings is 1. The van der Waals surface area contributed by atoms with Gasteiger partial charge in [-0.1, -0.05) is 6.07 Å². The summed E-state index contributed by atoms with van der Waals surface area (Å²) in [4.78, 5) is 45.0. The Labute approximate surface area is 213 Å². The number of nitrogens with one attached hydrogen (secondary N) is 3. The number of thiazole rings is 1. The number of benzene rings is 1. The van der Waals surface area contributed by atoms with Crippen molar-refractivity contribution in [2.75, 3.05) is 31.6 Å². The Hall–Kier alpha value is -3.83. The molecule has 0 aliphatic heterocycles. The summed E-state index contributed by atoms with van der Waals surface area (Å²) in [5.41, 5.74) is 1.69. The Morgan fingerprint density at radius 3 is 2.19 bits per heavy atom. The lowest BCUT2D eigenvalue weighted by molar-refractivity contribution is 0.0500. The largest absolute Gasteiger partial charge is 0.444 e. The van der Waals surface area contributed by atoms with Gasteiger partial charge in [0, 0.05) is 35.8 Å². The second-order valence-corrected chi connectivity index (χ2v) is 9.44. The van der Waals surface area contributed by atoms with Gasteiger partial charge < -0.3 is 20.1 Å². The molecule has 2 heterocycles. The molecular weight excluding hydrogens is 482 g/mol. The second kappa shape index (κ2) is 12.8. The maximum absolute atomic E-state index is 12.5. The highest BCUT2D eigenvalue weighted by Gasteiger charge is 2.15. The van der Waals surface area contributed by atoms with E-state index in [1.807, 2.05) is 23.6 Å². The van der Waals surface area contributed by atoms with Crippen LogP contribution in [0.3, 0.4) is 0 Å². The Morgan fingerprint density at radius 1 is 0.889 bits per heavy atom. The first-order valence-corrected chi connectivity index (χ1v) is 12.2. The lowest BCUT2D eigenvalue weighted by Gasteiger charge is -2.19. The van der Waals surface area contributed by atoms with Gasteiger partial charge in [0.15, 0.2) is 5.13 Å². The molecule has 2 aromatic heterocycles. The van der Waals surface area contributed by atoms with Gasteiger partial charge in [0.05, 0.1) is 18.9 Å². The lowest BCUT2D eigenvalue weighted by Crippen LogP contribution is -2.34. The summed E-state index contributed by atoms with van der Waals surface area (Å²) in [5.74, 6) is -0.602. The number of amides is 3. The van der Waals surface area contributed by atoms with Crippen molar-refractivity contribution in [3.8, 4) is 11.4 Å². The average molecular weight is 512 g/mol. The molecule has 3 N–H and O–H groups in total. The summed E-state index contributed by atoms with van der Waals surface area (Å²) in [6, 6.07) is 11.9. The Morgan fingerprint density at radius 2 is 1.56 bits per heavy atom. The molecule has 190 valence electrons. The number of ether oxygens (including phenoxy) is 2. The van der Waals surface area contributed by atoms with E-state index in [-0.39, 0.29) is 18.4 Å². The van der Waals surface area contributed by atoms with Crippen LogP contribution in [-0.2, 0) is 9.47 Å². The quantitative estimate of drug-likeness (QED) is 0.354. The first-order chi connectivity index (χ1) is 17.2. The monoisotopic (exact) mass is 511 g/mol. The second-order valence-electron chi connectivity index (χ2n) is 8.58. The summed E-state index contributed by atoms with van der Waals surface area (Å²) in [7, 11) is 0. The minimum atomic E-state index is -0.553. The first-order valence-electron chi connectivity index (χ1n) is 11.3. The molecule has 36 heavy (non-hydrogen) atoms. The van der Waals surface area contributed by atoms with Crippen molar-refractivity contribution in [1.82, 2.24) is 20.6 Å². The maximum atomic E-state index is 12.5. The van der Waals surface area contributed by atoms with Crippen molar-refractivity contribution in [2.24, 2.45) is 0 Å². The molecule has 0 aliphatic carbocycles. The van der Waals surface area contributed by atoms with Crippen LogP contribution in [0.2, 0.25) is 0 Å². The highest BCUT2D eigenvalue weighted by Crippen LogP contribution is 2.23. The molecule has 0 spiro atoms. The summed E-state index contributed by atoms with van der Waals surface area (Å²) in [5, 5.41) is 10.4. The fraction of sp³-hybridized carbons (Fsp3) is 0.320. The molecule has 0 saturated carbocycles. The van der Waals surface area contributed by atoms with Crippen LogP contribution in [0.25, 0.3) is 11.4 Å². The first kappa shape index (κ1) is 26.8. The third kappa shape index (κ3) is 8.75. The number of carbonyl (C=O) groups excluding carboxylic acids is 3. The fourth-order valence-corrected chi connectivity index (χ4v) is 3.59. The molecule has 0 fully saturated rings. The molecule has 3 aromatic rings. The normalized spacial score (nSPS) is 11.0. The van der Waals surface area contributed by atoms with E-state index >= 15 is 0 Å². The summed E-state index contributed by atoms with van der Waals surface area (Å²) >= 11 is 1.31. The van der Waals surface area contributed by atoms with Crippen molar-refractivity contribution in [3.63, 3.8) is 0 Å². The number of rotatable bonds is 10. The molecule has 3 rings (SSSR count). The summed E-state index contributed by atoms with van der Waals surface area (Å²) < 4.78 is 10.5. The molecule has 0 unspecified atom stereocenters. The number of carbonyl (C=O) groups is 3. The van der Waals surface area contributed by atoms with E-state index in [4.69, 9.17) is 9.47 Å². The zero-order valence-electron chi connectivity index (χ0n) is 20.4. The van der Waals surface area contributed by atoms with Gasteiger partial charge in [-0.25, -0.2) is 9.78 Å². The highest BCUT2D eigenvalue weighted by atomic mass is 32.1. The minimum Gasteiger partial charge on any atom is -0.444 e. The van der Waals surface area contributed by atoms with Gasteiger partial charge >= 0.3 is 6.09 Å². The third-order valence-electron chi connectivity index (χ3n) is 4.51. The van der Waals surface area contributed by atoms with E-state index in [9.17, 15) is 14.4 Å². The standard InChI is InChI=1S/C25H29N5O5S/c1-25(2,3)35-24(33)28-13-15-34-14-12-27-21(31)17-7-9-18(10-8-17)22(32)30-23-29-20(16-36-23)19-6-4-5-11-26-19/h4-11,16H,12-15H2,1-3H3,(H,27,31)(H,28,33)(H,29,30,32). The predicted octanol–water partition coefficient (Wildman–Crippen LogP) is 3.73. The van der Waals surface area contributed by atoms with E-state index in [2.05, 4.69) is 25.9 Å². The summed E-state index contributed by atoms with van der Waals surface area (Å²) in [6.07, 6.45) is 1.18. The van der Waals surface area contributed by atoms with Crippen LogP contribution in [0.5, 0.6) is 0 Å². The number of hydrogen-bond donors (Lipinski definition) is 3. The molecule has 0 bridgehead atoms. The molecule has 1 aromatic carbocycles. The number of nitrogens with zero attached hydrogens (tertiary/aromatic N) is 2. The number of aromatic nitrogens is 2. The van der Waals surface area contributed by atoms with E-state index in [0.29, 0.717) is 41.6 Å². The van der Waals surface area contributed by atoms with Crippen LogP contribution < -0.4 is 16.0 Å². The molecule has 0 saturated heterocycles. The number of hydrogen-bond acceptors (Lipinski definition) is 8. The Kier molecular flexibility index (Phi) is 9.48. The van der Waals surface area contributed by atoms with E-state index in [1.54, 1.807) is 51.2 Å². The van der Waals surface area contributed by atoms with Gasteiger partial charge in [-0.2, -0.15) is 0 Å². The third-order valence-corrected chi connectivity index (χ3v) is 5.27. The van der Waals surface area contributed by atoms with Crippen LogP contribution in [0, 0.1) is 0 Å². The van der Waals surface area contributed by atoms with Gasteiger partial charge in [-0.3, -0.25) is 19.9 Å². The smallest absolute Gasteiger partial charge is 0.407 e. The van der Waals surface area contributed by atoms with Crippen molar-refractivity contribution in [1.29, 1.82) is 0 Å². The molecule has 10 nitrogen and oxygen atoms in total.